The first-order chi connectivity index (χ1) is 24.1. The number of aliphatic carboxylic acids is 2. The summed E-state index contributed by atoms with van der Waals surface area (Å²) >= 11 is 0. The smallest absolute Gasteiger partial charge is 0.326 e. The number of H-pyrrole nitrogens is 1. The number of nitrogens with one attached hydrogen (secondary N) is 6. The van der Waals surface area contributed by atoms with Crippen LogP contribution in [-0.4, -0.2) is 92.9 Å². The lowest BCUT2D eigenvalue weighted by Gasteiger charge is -2.25. The lowest BCUT2D eigenvalue weighted by molar-refractivity contribution is -0.143. The van der Waals surface area contributed by atoms with E-state index in [-0.39, 0.29) is 12.8 Å². The van der Waals surface area contributed by atoms with E-state index < -0.39 is 90.1 Å². The first kappa shape index (κ1) is 39.7. The molecule has 5 amide bonds. The second kappa shape index (κ2) is 18.3. The number of carbonyl (C=O) groups is 7. The summed E-state index contributed by atoms with van der Waals surface area (Å²) in [6, 6.07) is 8.54. The Balaban J connectivity index is 1.70. The summed E-state index contributed by atoms with van der Waals surface area (Å²) in [7, 11) is 0. The third-order valence-electron chi connectivity index (χ3n) is 8.11. The average Bonchev–Trinajstić information content (AvgIpc) is 3.48. The molecule has 0 fully saturated rings. The van der Waals surface area contributed by atoms with E-state index in [1.807, 2.05) is 18.2 Å². The van der Waals surface area contributed by atoms with E-state index in [0.29, 0.717) is 11.1 Å². The largest absolute Gasteiger partial charge is 0.481 e. The van der Waals surface area contributed by atoms with Crippen molar-refractivity contribution in [3.8, 4) is 0 Å². The average molecular weight is 708 g/mol. The predicted molar refractivity (Wildman–Crippen MR) is 186 cm³/mol. The molecular formula is C35H45N7O9. The highest BCUT2D eigenvalue weighted by Gasteiger charge is 2.32. The number of carbonyl (C=O) groups excluding carboxylic acids is 5. The van der Waals surface area contributed by atoms with Crippen molar-refractivity contribution in [1.82, 2.24) is 31.6 Å². The van der Waals surface area contributed by atoms with Crippen LogP contribution < -0.4 is 32.3 Å². The van der Waals surface area contributed by atoms with Crippen molar-refractivity contribution >= 4 is 52.4 Å². The Morgan fingerprint density at radius 2 is 1.20 bits per heavy atom. The van der Waals surface area contributed by atoms with Crippen LogP contribution in [0.25, 0.3) is 10.9 Å². The van der Waals surface area contributed by atoms with Crippen LogP contribution in [-0.2, 0) is 46.4 Å². The quantitative estimate of drug-likeness (QED) is 0.0852. The summed E-state index contributed by atoms with van der Waals surface area (Å²) in [6.45, 7) is 6.00. The van der Waals surface area contributed by atoms with E-state index in [2.05, 4.69) is 31.6 Å². The zero-order valence-corrected chi connectivity index (χ0v) is 28.8. The molecule has 0 aliphatic rings. The minimum absolute atomic E-state index is 0.0288. The molecule has 3 rings (SSSR count). The number of hydrogen-bond donors (Lipinski definition) is 9. The van der Waals surface area contributed by atoms with Gasteiger partial charge in [-0.05, 0) is 37.0 Å². The lowest BCUT2D eigenvalue weighted by Crippen LogP contribution is -2.59. The molecule has 0 aliphatic carbocycles. The summed E-state index contributed by atoms with van der Waals surface area (Å²) in [5, 5.41) is 31.9. The molecule has 0 unspecified atom stereocenters. The van der Waals surface area contributed by atoms with Crippen molar-refractivity contribution < 1.29 is 43.8 Å². The fourth-order valence-corrected chi connectivity index (χ4v) is 5.20. The first-order valence-corrected chi connectivity index (χ1v) is 16.4. The van der Waals surface area contributed by atoms with E-state index >= 15 is 0 Å². The van der Waals surface area contributed by atoms with Crippen molar-refractivity contribution in [3.63, 3.8) is 0 Å². The summed E-state index contributed by atoms with van der Waals surface area (Å²) in [4.78, 5) is 91.7. The molecule has 16 heteroatoms. The van der Waals surface area contributed by atoms with Gasteiger partial charge in [-0.2, -0.15) is 0 Å². The molecule has 274 valence electrons. The van der Waals surface area contributed by atoms with Gasteiger partial charge in [-0.3, -0.25) is 28.8 Å². The number of carboxylic acids is 2. The number of amides is 5. The van der Waals surface area contributed by atoms with Gasteiger partial charge in [0, 0.05) is 29.9 Å². The molecule has 3 aromatic rings. The Kier molecular flexibility index (Phi) is 14.2. The van der Waals surface area contributed by atoms with Crippen LogP contribution in [0.15, 0.2) is 60.8 Å². The highest BCUT2D eigenvalue weighted by atomic mass is 16.4. The Morgan fingerprint density at radius 3 is 1.80 bits per heavy atom. The van der Waals surface area contributed by atoms with E-state index in [0.717, 1.165) is 10.9 Å². The second-order valence-corrected chi connectivity index (χ2v) is 12.6. The van der Waals surface area contributed by atoms with E-state index in [1.165, 1.54) is 13.8 Å². The van der Waals surface area contributed by atoms with Crippen LogP contribution in [0.1, 0.15) is 45.2 Å². The molecule has 0 saturated carbocycles. The molecule has 51 heavy (non-hydrogen) atoms. The maximum atomic E-state index is 13.5. The first-order valence-electron chi connectivity index (χ1n) is 16.4. The van der Waals surface area contributed by atoms with Gasteiger partial charge in [0.2, 0.25) is 29.5 Å². The number of para-hydroxylation sites is 1. The molecule has 6 atom stereocenters. The minimum Gasteiger partial charge on any atom is -0.481 e. The lowest BCUT2D eigenvalue weighted by atomic mass is 10.0. The highest BCUT2D eigenvalue weighted by molar-refractivity contribution is 5.97. The van der Waals surface area contributed by atoms with Crippen LogP contribution in [0.4, 0.5) is 0 Å². The van der Waals surface area contributed by atoms with Gasteiger partial charge in [-0.1, -0.05) is 62.4 Å². The van der Waals surface area contributed by atoms with Crippen LogP contribution in [0.3, 0.4) is 0 Å². The minimum atomic E-state index is -1.44. The fourth-order valence-electron chi connectivity index (χ4n) is 5.20. The molecule has 0 bridgehead atoms. The Hall–Kier alpha value is -5.77. The summed E-state index contributed by atoms with van der Waals surface area (Å²) in [5.74, 6) is -6.85. The molecule has 0 radical (unpaired) electrons. The Labute approximate surface area is 294 Å². The third kappa shape index (κ3) is 11.7. The van der Waals surface area contributed by atoms with Gasteiger partial charge in [0.1, 0.15) is 30.2 Å². The van der Waals surface area contributed by atoms with Crippen molar-refractivity contribution in [2.45, 2.75) is 83.2 Å². The van der Waals surface area contributed by atoms with Crippen molar-refractivity contribution in [1.29, 1.82) is 0 Å². The summed E-state index contributed by atoms with van der Waals surface area (Å²) in [5.41, 5.74) is 7.87. The maximum absolute atomic E-state index is 13.5. The number of fused-ring (bicyclic) bond motifs is 1. The number of rotatable bonds is 18. The molecule has 0 aliphatic heterocycles. The van der Waals surface area contributed by atoms with Crippen molar-refractivity contribution in [3.05, 3.63) is 71.9 Å². The van der Waals surface area contributed by atoms with Crippen LogP contribution >= 0.6 is 0 Å². The highest BCUT2D eigenvalue weighted by Crippen LogP contribution is 2.19. The fraction of sp³-hybridized carbons (Fsp3) is 0.400. The van der Waals surface area contributed by atoms with E-state index in [9.17, 15) is 38.7 Å². The SMILES string of the molecule is CC(C)[C@H](NC(=O)[C@H](Cc1ccccc1)NC(=O)[C@H](C)NC(=O)[C@H](C)NC(=O)[C@H](Cc1c[nH]c2ccccc12)NC(=O)[C@@H](N)CC(=O)O)C(=O)O. The topological polar surface area (TPSA) is 262 Å². The molecule has 16 nitrogen and oxygen atoms in total. The van der Waals surface area contributed by atoms with Crippen molar-refractivity contribution in [2.75, 3.05) is 0 Å². The second-order valence-electron chi connectivity index (χ2n) is 12.6. The normalized spacial score (nSPS) is 14.6. The maximum Gasteiger partial charge on any atom is 0.326 e. The van der Waals surface area contributed by atoms with Gasteiger partial charge < -0.3 is 47.5 Å². The van der Waals surface area contributed by atoms with Crippen molar-refractivity contribution in [2.24, 2.45) is 11.7 Å². The Morgan fingerprint density at radius 1 is 0.667 bits per heavy atom. The number of nitrogens with two attached hydrogens (primary N) is 1. The molecule has 2 aromatic carbocycles. The third-order valence-corrected chi connectivity index (χ3v) is 8.11. The van der Waals surface area contributed by atoms with Gasteiger partial charge in [0.25, 0.3) is 0 Å². The number of aromatic nitrogens is 1. The number of benzene rings is 2. The van der Waals surface area contributed by atoms with Crippen LogP contribution in [0.2, 0.25) is 0 Å². The van der Waals surface area contributed by atoms with E-state index in [1.54, 1.807) is 56.4 Å². The number of hydrogen-bond acceptors (Lipinski definition) is 8. The zero-order chi connectivity index (χ0) is 37.8. The number of carboxylic acid groups (broad SMARTS) is 2. The summed E-state index contributed by atoms with van der Waals surface area (Å²) in [6.07, 6.45) is 1.01. The summed E-state index contributed by atoms with van der Waals surface area (Å²) < 4.78 is 0. The number of aromatic amines is 1. The molecule has 1 heterocycles. The predicted octanol–water partition coefficient (Wildman–Crippen LogP) is -0.0405. The van der Waals surface area contributed by atoms with E-state index in [4.69, 9.17) is 10.8 Å². The molecule has 0 spiro atoms. The molecule has 1 aromatic heterocycles. The van der Waals surface area contributed by atoms with Gasteiger partial charge in [-0.15, -0.1) is 0 Å². The van der Waals surface area contributed by atoms with Gasteiger partial charge in [0.15, 0.2) is 0 Å². The zero-order valence-electron chi connectivity index (χ0n) is 28.8. The van der Waals surface area contributed by atoms with Gasteiger partial charge in [-0.25, -0.2) is 4.79 Å². The monoisotopic (exact) mass is 707 g/mol. The standard InChI is InChI=1S/C35H45N7O9/c1-18(2)29(35(50)51)42-34(49)26(14-21-10-6-5-7-11-21)40-31(46)20(4)38-30(45)19(3)39-33(48)27(41-32(47)24(36)16-28(43)44)15-22-17-37-25-13-9-8-12-23(22)25/h5-13,17-20,24,26-27,29,37H,14-16,36H2,1-4H3,(H,38,45)(H,39,48)(H,40,46)(H,41,47)(H,42,49)(H,43,44)(H,50,51)/t19-,20-,24-,26-,27-,29-/m0/s1. The van der Waals surface area contributed by atoms with Crippen LogP contribution in [0, 0.1) is 5.92 Å². The molecule has 10 N–H and O–H groups in total. The Bertz CT molecular complexity index is 1730. The molecular weight excluding hydrogens is 662 g/mol. The van der Waals surface area contributed by atoms with Gasteiger partial charge in [0.05, 0.1) is 12.5 Å². The van der Waals surface area contributed by atoms with Crippen LogP contribution in [0.5, 0.6) is 0 Å². The molecule has 0 saturated heterocycles. The van der Waals surface area contributed by atoms with Gasteiger partial charge >= 0.3 is 11.9 Å².